The highest BCUT2D eigenvalue weighted by atomic mass is 79.9. The Morgan fingerprint density at radius 3 is 2.54 bits per heavy atom. The second-order valence-corrected chi connectivity index (χ2v) is 14.6. The van der Waals surface area contributed by atoms with E-state index in [4.69, 9.17) is 35.9 Å². The molecule has 5 aromatic rings. The van der Waals surface area contributed by atoms with Crippen molar-refractivity contribution in [3.8, 4) is 45.8 Å². The van der Waals surface area contributed by atoms with Crippen molar-refractivity contribution < 1.29 is 34.3 Å². The number of hydrogen-bond donors (Lipinski definition) is 5. The molecule has 2 heterocycles. The molecule has 0 aliphatic heterocycles. The number of benzene rings is 3. The number of aliphatic hydroxyl groups is 2. The van der Waals surface area contributed by atoms with Gasteiger partial charge in [-0.05, 0) is 82.2 Å². The maximum absolute atomic E-state index is 11.9. The van der Waals surface area contributed by atoms with E-state index < -0.39 is 18.1 Å². The van der Waals surface area contributed by atoms with Gasteiger partial charge in [0.15, 0.2) is 0 Å². The SMILES string of the molecule is CC(CO)(NCc1cc(Br)c(O[C@H]2CCc3c(-c4cccc(-c5ccc(OCCNCCO)cc5)c4Cl)cccc32)nc1OCc1cncc(C#N)c1)C(=O)O. The number of hydrogen-bond acceptors (Lipinski definition) is 11. The van der Waals surface area contributed by atoms with E-state index >= 15 is 0 Å². The first-order valence-electron chi connectivity index (χ1n) is 18.0. The van der Waals surface area contributed by atoms with Gasteiger partial charge < -0.3 is 34.8 Å². The van der Waals surface area contributed by atoms with E-state index in [0.29, 0.717) is 52.3 Å². The molecule has 0 fully saturated rings. The quantitative estimate of drug-likeness (QED) is 0.0596. The van der Waals surface area contributed by atoms with Gasteiger partial charge in [0.05, 0.1) is 28.3 Å². The van der Waals surface area contributed by atoms with Gasteiger partial charge in [0.2, 0.25) is 11.8 Å². The van der Waals surface area contributed by atoms with Crippen molar-refractivity contribution in [3.05, 3.63) is 123 Å². The van der Waals surface area contributed by atoms with Gasteiger partial charge in [0.1, 0.15) is 36.7 Å². The molecule has 14 heteroatoms. The summed E-state index contributed by atoms with van der Waals surface area (Å²) in [4.78, 5) is 20.7. The molecule has 0 bridgehead atoms. The summed E-state index contributed by atoms with van der Waals surface area (Å²) in [6, 6.07) is 25.4. The first-order valence-corrected chi connectivity index (χ1v) is 19.2. The molecule has 6 rings (SSSR count). The third kappa shape index (κ3) is 9.47. The molecule has 2 atom stereocenters. The van der Waals surface area contributed by atoms with Gasteiger partial charge in [-0.2, -0.15) is 10.2 Å². The van der Waals surface area contributed by atoms with Crippen LogP contribution in [0, 0.1) is 11.3 Å². The van der Waals surface area contributed by atoms with Crippen LogP contribution in [-0.2, 0) is 24.4 Å². The van der Waals surface area contributed by atoms with Crippen LogP contribution in [0.5, 0.6) is 17.5 Å². The highest BCUT2D eigenvalue weighted by Crippen LogP contribution is 2.45. The number of ether oxygens (including phenoxy) is 3. The summed E-state index contributed by atoms with van der Waals surface area (Å²) in [7, 11) is 0. The van der Waals surface area contributed by atoms with Gasteiger partial charge in [-0.25, -0.2) is 0 Å². The number of carboxylic acids is 1. The van der Waals surface area contributed by atoms with Crippen molar-refractivity contribution in [2.24, 2.45) is 0 Å². The molecule has 12 nitrogen and oxygen atoms in total. The monoisotopic (exact) mass is 841 g/mol. The standard InChI is InChI=1S/C42H41BrClN5O7/c1-42(25-51,41(52)53)48-23-29-19-36(43)40(49-39(29)55-24-27-18-26(20-45)21-47-22-27)56-37-13-12-33-32(5-3-6-34(33)37)35-7-2-4-31(38(35)44)28-8-10-30(11-9-28)54-17-15-46-14-16-50/h2-11,18-19,21-22,37,46,48,50-51H,12-17,23-25H2,1H3,(H,52,53)/t37-,42?/m0/s1. The number of carbonyl (C=O) groups is 1. The Labute approximate surface area is 338 Å². The van der Waals surface area contributed by atoms with Gasteiger partial charge in [0.25, 0.3) is 0 Å². The molecule has 1 aliphatic carbocycles. The Balaban J connectivity index is 1.24. The predicted octanol–water partition coefficient (Wildman–Crippen LogP) is 6.63. The summed E-state index contributed by atoms with van der Waals surface area (Å²) in [6.07, 6.45) is 4.15. The van der Waals surface area contributed by atoms with Gasteiger partial charge in [-0.15, -0.1) is 0 Å². The Morgan fingerprint density at radius 1 is 1.02 bits per heavy atom. The largest absolute Gasteiger partial charge is 0.492 e. The molecule has 290 valence electrons. The molecule has 5 N–H and O–H groups in total. The summed E-state index contributed by atoms with van der Waals surface area (Å²) in [5.74, 6) is 0.0122. The number of aromatic nitrogens is 2. The maximum atomic E-state index is 11.9. The number of fused-ring (bicyclic) bond motifs is 1. The number of carboxylic acid groups (broad SMARTS) is 1. The molecule has 0 spiro atoms. The molecule has 0 amide bonds. The van der Waals surface area contributed by atoms with E-state index in [1.807, 2.05) is 54.6 Å². The minimum Gasteiger partial charge on any atom is -0.492 e. The van der Waals surface area contributed by atoms with Crippen molar-refractivity contribution in [1.29, 1.82) is 5.26 Å². The fraction of sp³-hybridized carbons (Fsp3) is 0.286. The van der Waals surface area contributed by atoms with E-state index in [-0.39, 0.29) is 37.6 Å². The van der Waals surface area contributed by atoms with Crippen molar-refractivity contribution in [2.45, 2.75) is 44.6 Å². The van der Waals surface area contributed by atoms with Crippen LogP contribution in [-0.4, -0.2) is 69.7 Å². The van der Waals surface area contributed by atoms with Crippen molar-refractivity contribution in [2.75, 3.05) is 32.9 Å². The van der Waals surface area contributed by atoms with E-state index in [2.05, 4.69) is 43.7 Å². The zero-order valence-electron chi connectivity index (χ0n) is 30.6. The number of nitrogens with one attached hydrogen (secondary N) is 2. The number of pyridine rings is 2. The lowest BCUT2D eigenvalue weighted by molar-refractivity contribution is -0.145. The van der Waals surface area contributed by atoms with E-state index in [0.717, 1.165) is 45.6 Å². The molecular weight excluding hydrogens is 802 g/mol. The summed E-state index contributed by atoms with van der Waals surface area (Å²) < 4.78 is 19.1. The molecule has 3 aromatic carbocycles. The van der Waals surface area contributed by atoms with Gasteiger partial charge in [-0.3, -0.25) is 15.1 Å². The number of rotatable bonds is 18. The molecule has 1 unspecified atom stereocenters. The number of nitriles is 1. The van der Waals surface area contributed by atoms with Crippen molar-refractivity contribution in [1.82, 2.24) is 20.6 Å². The van der Waals surface area contributed by atoms with Gasteiger partial charge >= 0.3 is 5.97 Å². The van der Waals surface area contributed by atoms with Crippen LogP contribution >= 0.6 is 27.5 Å². The van der Waals surface area contributed by atoms with Crippen LogP contribution in [0.3, 0.4) is 0 Å². The van der Waals surface area contributed by atoms with Gasteiger partial charge in [-0.1, -0.05) is 60.1 Å². The number of halogens is 2. The topological polar surface area (TPSA) is 179 Å². The molecule has 0 saturated heterocycles. The van der Waals surface area contributed by atoms with E-state index in [1.54, 1.807) is 18.3 Å². The fourth-order valence-corrected chi connectivity index (χ4v) is 7.16. The number of nitrogens with zero attached hydrogens (tertiary/aromatic N) is 3. The Hall–Kier alpha value is -5.07. The lowest BCUT2D eigenvalue weighted by Gasteiger charge is -2.24. The third-order valence-corrected chi connectivity index (χ3v) is 10.5. The zero-order chi connectivity index (χ0) is 39.7. The van der Waals surface area contributed by atoms with Crippen molar-refractivity contribution in [3.63, 3.8) is 0 Å². The normalized spacial score (nSPS) is 14.4. The van der Waals surface area contributed by atoms with Crippen LogP contribution < -0.4 is 24.8 Å². The highest BCUT2D eigenvalue weighted by Gasteiger charge is 2.33. The van der Waals surface area contributed by atoms with Crippen LogP contribution in [0.1, 0.15) is 47.3 Å². The molecule has 2 aromatic heterocycles. The smallest absolute Gasteiger partial charge is 0.326 e. The summed E-state index contributed by atoms with van der Waals surface area (Å²) in [5, 5.41) is 44.4. The zero-order valence-corrected chi connectivity index (χ0v) is 32.9. The summed E-state index contributed by atoms with van der Waals surface area (Å²) in [6.45, 7) is 2.54. The second-order valence-electron chi connectivity index (χ2n) is 13.4. The fourth-order valence-electron chi connectivity index (χ4n) is 6.36. The second kappa shape index (κ2) is 18.7. The third-order valence-electron chi connectivity index (χ3n) is 9.50. The molecule has 0 radical (unpaired) electrons. The van der Waals surface area contributed by atoms with E-state index in [9.17, 15) is 20.3 Å². The Kier molecular flexibility index (Phi) is 13.6. The summed E-state index contributed by atoms with van der Waals surface area (Å²) >= 11 is 10.8. The van der Waals surface area contributed by atoms with Crippen LogP contribution in [0.2, 0.25) is 5.02 Å². The molecule has 0 saturated carbocycles. The van der Waals surface area contributed by atoms with Crippen LogP contribution in [0.4, 0.5) is 0 Å². The summed E-state index contributed by atoms with van der Waals surface area (Å²) in [5.41, 5.74) is 5.88. The van der Waals surface area contributed by atoms with Gasteiger partial charge in [0, 0.05) is 54.3 Å². The first-order chi connectivity index (χ1) is 27.1. The Bertz CT molecular complexity index is 2220. The van der Waals surface area contributed by atoms with Crippen LogP contribution in [0.25, 0.3) is 22.3 Å². The van der Waals surface area contributed by atoms with Crippen LogP contribution in [0.15, 0.2) is 89.7 Å². The average Bonchev–Trinajstić information content (AvgIpc) is 3.63. The maximum Gasteiger partial charge on any atom is 0.326 e. The number of aliphatic hydroxyl groups excluding tert-OH is 2. The molecular formula is C42H41BrClN5O7. The lowest BCUT2D eigenvalue weighted by atomic mass is 9.94. The average molecular weight is 843 g/mol. The number of aliphatic carboxylic acids is 1. The Morgan fingerprint density at radius 2 is 1.79 bits per heavy atom. The molecule has 1 aliphatic rings. The predicted molar refractivity (Wildman–Crippen MR) is 215 cm³/mol. The molecule has 56 heavy (non-hydrogen) atoms. The van der Waals surface area contributed by atoms with E-state index in [1.165, 1.54) is 13.1 Å². The minimum atomic E-state index is -1.60. The minimum absolute atomic E-state index is 0.0122. The van der Waals surface area contributed by atoms with Crippen molar-refractivity contribution >= 4 is 33.5 Å². The highest BCUT2D eigenvalue weighted by molar-refractivity contribution is 9.10. The lowest BCUT2D eigenvalue weighted by Crippen LogP contribution is -2.52. The first kappa shape index (κ1) is 40.6.